The molecule has 6 nitrogen and oxygen atoms in total. The summed E-state index contributed by atoms with van der Waals surface area (Å²) in [7, 11) is 0. The van der Waals surface area contributed by atoms with Crippen molar-refractivity contribution in [3.05, 3.63) is 36.5 Å². The maximum Gasteiger partial charge on any atom is 0.306 e. The Morgan fingerprint density at radius 2 is 0.895 bits per heavy atom. The van der Waals surface area contributed by atoms with Crippen LogP contribution in [0.4, 0.5) is 0 Å². The average Bonchev–Trinajstić information content (AvgIpc) is 3.20. The van der Waals surface area contributed by atoms with Crippen molar-refractivity contribution in [3.63, 3.8) is 0 Å². The Labute approximate surface area is 353 Å². The predicted molar refractivity (Wildman–Crippen MR) is 246 cm³/mol. The average molecular weight is 802 g/mol. The van der Waals surface area contributed by atoms with Crippen molar-refractivity contribution in [2.45, 2.75) is 270 Å². The van der Waals surface area contributed by atoms with Crippen molar-refractivity contribution < 1.29 is 24.5 Å². The Morgan fingerprint density at radius 3 is 1.33 bits per heavy atom. The van der Waals surface area contributed by atoms with Crippen molar-refractivity contribution in [3.8, 4) is 0 Å². The highest BCUT2D eigenvalue weighted by Crippen LogP contribution is 2.18. The van der Waals surface area contributed by atoms with Gasteiger partial charge in [-0.15, -0.1) is 0 Å². The number of allylic oxidation sites excluding steroid dienone is 6. The van der Waals surface area contributed by atoms with E-state index in [0.29, 0.717) is 19.3 Å². The van der Waals surface area contributed by atoms with Gasteiger partial charge in [0.2, 0.25) is 5.91 Å². The monoisotopic (exact) mass is 802 g/mol. The summed E-state index contributed by atoms with van der Waals surface area (Å²) in [6, 6.07) is -0.700. The first-order chi connectivity index (χ1) is 28.0. The van der Waals surface area contributed by atoms with Gasteiger partial charge in [0, 0.05) is 6.42 Å². The van der Waals surface area contributed by atoms with E-state index in [1.54, 1.807) is 0 Å². The largest absolute Gasteiger partial charge is 0.462 e. The van der Waals surface area contributed by atoms with E-state index in [1.807, 2.05) is 0 Å². The van der Waals surface area contributed by atoms with Gasteiger partial charge in [-0.3, -0.25) is 9.59 Å². The van der Waals surface area contributed by atoms with E-state index >= 15 is 0 Å². The fourth-order valence-corrected chi connectivity index (χ4v) is 7.49. The van der Waals surface area contributed by atoms with Crippen LogP contribution < -0.4 is 5.32 Å². The van der Waals surface area contributed by atoms with E-state index in [9.17, 15) is 19.8 Å². The molecule has 0 rings (SSSR count). The molecule has 0 bridgehead atoms. The van der Waals surface area contributed by atoms with Gasteiger partial charge in [0.1, 0.15) is 6.10 Å². The normalized spacial score (nSPS) is 13.6. The highest BCUT2D eigenvalue weighted by Gasteiger charge is 2.24. The summed E-state index contributed by atoms with van der Waals surface area (Å²) in [5.41, 5.74) is 0. The van der Waals surface area contributed by atoms with Gasteiger partial charge >= 0.3 is 5.97 Å². The van der Waals surface area contributed by atoms with Crippen molar-refractivity contribution in [1.29, 1.82) is 0 Å². The highest BCUT2D eigenvalue weighted by atomic mass is 16.5. The minimum Gasteiger partial charge on any atom is -0.462 e. The number of esters is 1. The minimum atomic E-state index is -0.786. The van der Waals surface area contributed by atoms with Crippen molar-refractivity contribution >= 4 is 11.9 Å². The van der Waals surface area contributed by atoms with Gasteiger partial charge in [-0.1, -0.05) is 224 Å². The van der Waals surface area contributed by atoms with E-state index in [4.69, 9.17) is 4.74 Å². The van der Waals surface area contributed by atoms with Crippen molar-refractivity contribution in [1.82, 2.24) is 5.32 Å². The third-order valence-electron chi connectivity index (χ3n) is 11.3. The van der Waals surface area contributed by atoms with Crippen LogP contribution in [0, 0.1) is 0 Å². The Bertz CT molecular complexity index is 946. The Hall–Kier alpha value is -1.92. The van der Waals surface area contributed by atoms with Gasteiger partial charge in [0.05, 0.1) is 25.2 Å². The van der Waals surface area contributed by atoms with E-state index < -0.39 is 18.2 Å². The number of carbonyl (C=O) groups is 2. The number of unbranched alkanes of at least 4 members (excludes halogenated alkanes) is 28. The van der Waals surface area contributed by atoms with Crippen LogP contribution in [0.15, 0.2) is 36.5 Å². The SMILES string of the molecule is CCCCCCC/C=C/C=C/C=C/CCCCCCCC(=O)OC(CCCCCCCCC)CC(=O)NC(CO)C(O)CCCCCCCCCCCCCCC. The minimum absolute atomic E-state index is 0.0711. The number of nitrogens with one attached hydrogen (secondary N) is 1. The van der Waals surface area contributed by atoms with E-state index in [1.165, 1.54) is 135 Å². The third kappa shape index (κ3) is 40.6. The number of hydrogen-bond acceptors (Lipinski definition) is 5. The number of rotatable bonds is 44. The summed E-state index contributed by atoms with van der Waals surface area (Å²) in [4.78, 5) is 26.0. The van der Waals surface area contributed by atoms with Gasteiger partial charge < -0.3 is 20.3 Å². The maximum atomic E-state index is 13.1. The zero-order valence-corrected chi connectivity index (χ0v) is 38.0. The van der Waals surface area contributed by atoms with Crippen LogP contribution in [0.2, 0.25) is 0 Å². The molecule has 1 amide bonds. The summed E-state index contributed by atoms with van der Waals surface area (Å²) in [5.74, 6) is -0.495. The van der Waals surface area contributed by atoms with Crippen LogP contribution in [-0.4, -0.2) is 46.9 Å². The van der Waals surface area contributed by atoms with Gasteiger partial charge in [-0.25, -0.2) is 0 Å². The topological polar surface area (TPSA) is 95.9 Å². The molecule has 0 aromatic rings. The molecule has 0 aromatic carbocycles. The molecule has 57 heavy (non-hydrogen) atoms. The van der Waals surface area contributed by atoms with E-state index in [-0.39, 0.29) is 24.9 Å². The fourth-order valence-electron chi connectivity index (χ4n) is 7.49. The first kappa shape index (κ1) is 55.1. The lowest BCUT2D eigenvalue weighted by molar-refractivity contribution is -0.151. The van der Waals surface area contributed by atoms with Crippen molar-refractivity contribution in [2.24, 2.45) is 0 Å². The molecule has 0 heterocycles. The second kappa shape index (κ2) is 45.2. The molecule has 0 spiro atoms. The van der Waals surface area contributed by atoms with Gasteiger partial charge in [0.15, 0.2) is 0 Å². The summed E-state index contributed by atoms with van der Waals surface area (Å²) >= 11 is 0. The van der Waals surface area contributed by atoms with Crippen LogP contribution in [-0.2, 0) is 14.3 Å². The zero-order valence-electron chi connectivity index (χ0n) is 38.0. The number of carbonyl (C=O) groups excluding carboxylic acids is 2. The van der Waals surface area contributed by atoms with Gasteiger partial charge in [-0.2, -0.15) is 0 Å². The molecule has 3 unspecified atom stereocenters. The van der Waals surface area contributed by atoms with Crippen LogP contribution in [0.3, 0.4) is 0 Å². The fraction of sp³-hybridized carbons (Fsp3) is 0.843. The molecule has 3 N–H and O–H groups in total. The second-order valence-corrected chi connectivity index (χ2v) is 16.9. The summed E-state index contributed by atoms with van der Waals surface area (Å²) in [6.45, 7) is 6.43. The molecular formula is C51H95NO5. The summed E-state index contributed by atoms with van der Waals surface area (Å²) < 4.78 is 5.88. The molecule has 3 atom stereocenters. The van der Waals surface area contributed by atoms with E-state index in [2.05, 4.69) is 62.5 Å². The number of ether oxygens (including phenoxy) is 1. The molecule has 334 valence electrons. The molecule has 0 fully saturated rings. The highest BCUT2D eigenvalue weighted by molar-refractivity contribution is 5.77. The lowest BCUT2D eigenvalue weighted by atomic mass is 10.0. The first-order valence-corrected chi connectivity index (χ1v) is 24.7. The Kier molecular flexibility index (Phi) is 43.6. The smallest absolute Gasteiger partial charge is 0.306 e. The number of aliphatic hydroxyl groups is 2. The predicted octanol–water partition coefficient (Wildman–Crippen LogP) is 14.5. The summed E-state index contributed by atoms with van der Waals surface area (Å²) in [5, 5.41) is 23.6. The molecule has 0 aliphatic rings. The Morgan fingerprint density at radius 1 is 0.509 bits per heavy atom. The molecular weight excluding hydrogens is 707 g/mol. The molecule has 0 saturated carbocycles. The van der Waals surface area contributed by atoms with Crippen LogP contribution in [0.25, 0.3) is 0 Å². The van der Waals surface area contributed by atoms with Crippen LogP contribution in [0.1, 0.15) is 252 Å². The molecule has 6 heteroatoms. The number of amides is 1. The van der Waals surface area contributed by atoms with E-state index in [0.717, 1.165) is 70.6 Å². The van der Waals surface area contributed by atoms with Crippen LogP contribution >= 0.6 is 0 Å². The zero-order chi connectivity index (χ0) is 41.7. The number of hydrogen-bond donors (Lipinski definition) is 3. The lowest BCUT2D eigenvalue weighted by Gasteiger charge is -2.24. The van der Waals surface area contributed by atoms with Gasteiger partial charge in [-0.05, 0) is 51.4 Å². The molecule has 0 radical (unpaired) electrons. The van der Waals surface area contributed by atoms with Gasteiger partial charge in [0.25, 0.3) is 0 Å². The molecule has 0 aliphatic carbocycles. The quantitative estimate of drug-likeness (QED) is 0.0324. The van der Waals surface area contributed by atoms with Crippen LogP contribution in [0.5, 0.6) is 0 Å². The second-order valence-electron chi connectivity index (χ2n) is 16.9. The molecule has 0 aromatic heterocycles. The summed E-state index contributed by atoms with van der Waals surface area (Å²) in [6.07, 6.45) is 52.1. The third-order valence-corrected chi connectivity index (χ3v) is 11.3. The lowest BCUT2D eigenvalue weighted by Crippen LogP contribution is -2.46. The molecule has 0 aliphatic heterocycles. The maximum absolute atomic E-state index is 13.1. The molecule has 0 saturated heterocycles. The first-order valence-electron chi connectivity index (χ1n) is 24.7. The Balaban J connectivity index is 4.41. The standard InChI is InChI=1S/C51H95NO5/c1-4-7-10-13-16-18-20-22-23-24-25-26-28-30-32-35-38-41-44-51(56)57-47(42-39-36-33-15-12-9-6-3)45-50(55)52-48(46-53)49(54)43-40-37-34-31-29-27-21-19-17-14-11-8-5-2/h20,22-26,47-49,53-54H,4-19,21,27-46H2,1-3H3,(H,52,55)/b22-20+,24-23+,26-25+. The number of aliphatic hydroxyl groups excluding tert-OH is 2. The van der Waals surface area contributed by atoms with Crippen molar-refractivity contribution in [2.75, 3.05) is 6.61 Å².